The molecule has 0 heterocycles. The van der Waals surface area contributed by atoms with Crippen LogP contribution in [0.5, 0.6) is 0 Å². The topological polar surface area (TPSA) is 76.7 Å². The first kappa shape index (κ1) is 20.7. The van der Waals surface area contributed by atoms with Crippen LogP contribution in [-0.4, -0.2) is 32.7 Å². The molecule has 0 aliphatic heterocycles. The Morgan fingerprint density at radius 3 is 1.48 bits per heavy atom. The first-order valence-electron chi connectivity index (χ1n) is 8.86. The fraction of sp³-hybridized carbons (Fsp3) is 0.300. The van der Waals surface area contributed by atoms with Crippen LogP contribution in [0.25, 0.3) is 0 Å². The van der Waals surface area contributed by atoms with Gasteiger partial charge in [0.1, 0.15) is 0 Å². The highest BCUT2D eigenvalue weighted by atomic mass is 16.6. The van der Waals surface area contributed by atoms with Gasteiger partial charge < -0.3 is 19.9 Å². The fourth-order valence-corrected chi connectivity index (χ4v) is 2.69. The van der Waals surface area contributed by atoms with Crippen LogP contribution in [0.1, 0.15) is 37.1 Å². The van der Waals surface area contributed by atoms with Gasteiger partial charge in [0.05, 0.1) is 25.3 Å². The molecule has 2 aromatic rings. The average Bonchev–Trinajstić information content (AvgIpc) is 2.66. The first-order chi connectivity index (χ1) is 13.1. The summed E-state index contributed by atoms with van der Waals surface area (Å²) < 4.78 is 11.2. The molecule has 6 nitrogen and oxygen atoms in total. The van der Waals surface area contributed by atoms with Crippen LogP contribution in [-0.2, 0) is 18.9 Å². The molecule has 0 radical (unpaired) electrons. The molecule has 0 aliphatic carbocycles. The van der Waals surface area contributed by atoms with Crippen LogP contribution in [0, 0.1) is 0 Å². The first-order valence-corrected chi connectivity index (χ1v) is 8.86. The quantitative estimate of drug-likeness (QED) is 0.497. The molecular formula is C20H25BN2O4. The van der Waals surface area contributed by atoms with Crippen molar-refractivity contribution in [1.82, 2.24) is 10.6 Å². The van der Waals surface area contributed by atoms with Crippen molar-refractivity contribution in [3.05, 3.63) is 71.8 Å². The van der Waals surface area contributed by atoms with E-state index in [1.54, 1.807) is 0 Å². The molecule has 0 unspecified atom stereocenters. The number of hydrogen-bond acceptors (Lipinski definition) is 4. The molecule has 2 atom stereocenters. The van der Waals surface area contributed by atoms with Gasteiger partial charge in [-0.2, -0.15) is 0 Å². The highest BCUT2D eigenvalue weighted by Gasteiger charge is 2.15. The van der Waals surface area contributed by atoms with Gasteiger partial charge in [0.2, 0.25) is 11.8 Å². The largest absolute Gasteiger partial charge is 0.438 e. The van der Waals surface area contributed by atoms with E-state index in [-0.39, 0.29) is 31.6 Å². The van der Waals surface area contributed by atoms with Crippen molar-refractivity contribution < 1.29 is 18.9 Å². The second-order valence-electron chi connectivity index (χ2n) is 6.19. The third kappa shape index (κ3) is 7.64. The minimum absolute atomic E-state index is 0.0613. The van der Waals surface area contributed by atoms with E-state index in [9.17, 15) is 9.59 Å². The number of hydrogen-bond donors (Lipinski definition) is 2. The molecule has 0 saturated carbocycles. The molecule has 0 saturated heterocycles. The summed E-state index contributed by atoms with van der Waals surface area (Å²) in [5, 5.41) is 5.74. The van der Waals surface area contributed by atoms with Gasteiger partial charge in [-0.1, -0.05) is 60.7 Å². The lowest BCUT2D eigenvalue weighted by Gasteiger charge is -2.20. The molecule has 0 spiro atoms. The number of rotatable bonds is 10. The third-order valence-electron chi connectivity index (χ3n) is 3.89. The van der Waals surface area contributed by atoms with Crippen LogP contribution in [0.3, 0.4) is 0 Å². The van der Waals surface area contributed by atoms with Crippen molar-refractivity contribution in [2.45, 2.75) is 25.9 Å². The number of benzene rings is 2. The Labute approximate surface area is 160 Å². The zero-order chi connectivity index (χ0) is 19.5. The summed E-state index contributed by atoms with van der Waals surface area (Å²) in [6, 6.07) is 18.8. The van der Waals surface area contributed by atoms with E-state index in [4.69, 9.17) is 9.31 Å². The maximum absolute atomic E-state index is 11.4. The lowest BCUT2D eigenvalue weighted by Crippen LogP contribution is -2.32. The third-order valence-corrected chi connectivity index (χ3v) is 3.89. The molecule has 2 N–H and O–H groups in total. The maximum Gasteiger partial charge on any atom is 0.438 e. The second kappa shape index (κ2) is 11.2. The van der Waals surface area contributed by atoms with Gasteiger partial charge in [0, 0.05) is 13.8 Å². The zero-order valence-electron chi connectivity index (χ0n) is 15.7. The van der Waals surface area contributed by atoms with E-state index in [1.807, 2.05) is 60.7 Å². The predicted octanol–water partition coefficient (Wildman–Crippen LogP) is 2.04. The highest BCUT2D eigenvalue weighted by Crippen LogP contribution is 2.14. The van der Waals surface area contributed by atoms with Crippen molar-refractivity contribution in [1.29, 1.82) is 0 Å². The molecule has 2 rings (SSSR count). The minimum Gasteiger partial charge on any atom is -0.411 e. The van der Waals surface area contributed by atoms with Crippen LogP contribution in [0.4, 0.5) is 0 Å². The summed E-state index contributed by atoms with van der Waals surface area (Å²) >= 11 is 0. The monoisotopic (exact) mass is 368 g/mol. The molecule has 2 amide bonds. The smallest absolute Gasteiger partial charge is 0.411 e. The van der Waals surface area contributed by atoms with Gasteiger partial charge in [0.25, 0.3) is 0 Å². The van der Waals surface area contributed by atoms with Crippen LogP contribution < -0.4 is 10.6 Å². The van der Waals surface area contributed by atoms with Gasteiger partial charge in [-0.15, -0.1) is 0 Å². The van der Waals surface area contributed by atoms with Gasteiger partial charge in [-0.3, -0.25) is 9.59 Å². The Morgan fingerprint density at radius 2 is 1.15 bits per heavy atom. The minimum atomic E-state index is -0.243. The van der Waals surface area contributed by atoms with Crippen molar-refractivity contribution in [3.8, 4) is 0 Å². The Hall–Kier alpha value is -2.64. The molecule has 0 aromatic heterocycles. The lowest BCUT2D eigenvalue weighted by atomic mass is 10.1. The maximum atomic E-state index is 11.4. The highest BCUT2D eigenvalue weighted by molar-refractivity contribution is 6.17. The predicted molar refractivity (Wildman–Crippen MR) is 105 cm³/mol. The number of amides is 2. The SMILES string of the molecule is CC(=O)N[C@H](COBOC[C@@H](NC(C)=O)c1ccccc1)c1ccccc1. The van der Waals surface area contributed by atoms with Crippen LogP contribution >= 0.6 is 0 Å². The molecular weight excluding hydrogens is 343 g/mol. The second-order valence-corrected chi connectivity index (χ2v) is 6.19. The summed E-state index contributed by atoms with van der Waals surface area (Å²) in [5.74, 6) is -0.244. The number of nitrogens with one attached hydrogen (secondary N) is 2. The number of carbonyl (C=O) groups excluding carboxylic acids is 2. The van der Waals surface area contributed by atoms with E-state index < -0.39 is 0 Å². The Bertz CT molecular complexity index is 651. The van der Waals surface area contributed by atoms with Gasteiger partial charge in [-0.25, -0.2) is 0 Å². The Balaban J connectivity index is 1.82. The molecule has 27 heavy (non-hydrogen) atoms. The summed E-state index contributed by atoms with van der Waals surface area (Å²) in [5.41, 5.74) is 1.93. The van der Waals surface area contributed by atoms with Crippen molar-refractivity contribution in [3.63, 3.8) is 0 Å². The van der Waals surface area contributed by atoms with Crippen molar-refractivity contribution in [2.24, 2.45) is 0 Å². The number of carbonyl (C=O) groups is 2. The zero-order valence-corrected chi connectivity index (χ0v) is 15.7. The van der Waals surface area contributed by atoms with E-state index in [0.29, 0.717) is 13.2 Å². The summed E-state index contributed by atoms with van der Waals surface area (Å²) in [6.45, 7) is 3.54. The molecule has 0 bridgehead atoms. The van der Waals surface area contributed by atoms with E-state index in [1.165, 1.54) is 13.8 Å². The molecule has 7 heteroatoms. The summed E-state index contributed by atoms with van der Waals surface area (Å²) in [4.78, 5) is 22.9. The van der Waals surface area contributed by atoms with Crippen LogP contribution in [0.15, 0.2) is 60.7 Å². The van der Waals surface area contributed by atoms with Gasteiger partial charge >= 0.3 is 7.69 Å². The average molecular weight is 368 g/mol. The normalized spacial score (nSPS) is 12.7. The van der Waals surface area contributed by atoms with Crippen molar-refractivity contribution in [2.75, 3.05) is 13.2 Å². The summed E-state index contributed by atoms with van der Waals surface area (Å²) in [7, 11) is 0.0613. The van der Waals surface area contributed by atoms with Crippen molar-refractivity contribution >= 4 is 19.5 Å². The molecule has 0 fully saturated rings. The molecule has 0 aliphatic rings. The molecule has 2 aromatic carbocycles. The lowest BCUT2D eigenvalue weighted by molar-refractivity contribution is -0.120. The molecule has 142 valence electrons. The standard InChI is InChI=1S/C20H25BN2O4/c1-15(24)22-19(17-9-5-3-6-10-17)13-26-21-27-14-20(23-16(2)25)18-11-7-4-8-12-18/h3-12,19-21H,13-14H2,1-2H3,(H,22,24)(H,23,25)/t19-,20-/m1/s1. The van der Waals surface area contributed by atoms with E-state index in [0.717, 1.165) is 11.1 Å². The summed E-state index contributed by atoms with van der Waals surface area (Å²) in [6.07, 6.45) is 0. The van der Waals surface area contributed by atoms with E-state index >= 15 is 0 Å². The Morgan fingerprint density at radius 1 is 0.778 bits per heavy atom. The van der Waals surface area contributed by atoms with Crippen LogP contribution in [0.2, 0.25) is 0 Å². The fourth-order valence-electron chi connectivity index (χ4n) is 2.69. The van der Waals surface area contributed by atoms with E-state index in [2.05, 4.69) is 10.6 Å². The Kier molecular flexibility index (Phi) is 8.54. The van der Waals surface area contributed by atoms with Gasteiger partial charge in [-0.05, 0) is 11.1 Å². The van der Waals surface area contributed by atoms with Gasteiger partial charge in [0.15, 0.2) is 0 Å².